The highest BCUT2D eigenvalue weighted by atomic mass is 16.4. The van der Waals surface area contributed by atoms with Crippen molar-refractivity contribution in [1.29, 1.82) is 0 Å². The fraction of sp³-hybridized carbons (Fsp3) is 0.467. The lowest BCUT2D eigenvalue weighted by Crippen LogP contribution is -2.36. The number of amides is 1. The molecule has 0 saturated carbocycles. The van der Waals surface area contributed by atoms with Crippen LogP contribution in [0.2, 0.25) is 0 Å². The number of fused-ring (bicyclic) bond motifs is 1. The van der Waals surface area contributed by atoms with Crippen molar-refractivity contribution in [3.63, 3.8) is 0 Å². The maximum absolute atomic E-state index is 12.2. The van der Waals surface area contributed by atoms with Crippen LogP contribution in [0.4, 0.5) is 5.69 Å². The number of rotatable bonds is 5. The molecule has 1 aromatic carbocycles. The summed E-state index contributed by atoms with van der Waals surface area (Å²) in [5, 5.41) is 14.9. The number of carboxylic acid groups (broad SMARTS) is 1. The van der Waals surface area contributed by atoms with E-state index in [1.54, 1.807) is 6.07 Å². The molecule has 1 atom stereocenters. The van der Waals surface area contributed by atoms with Crippen molar-refractivity contribution in [2.75, 3.05) is 11.9 Å². The van der Waals surface area contributed by atoms with Gasteiger partial charge in [-0.3, -0.25) is 9.59 Å². The third-order valence-corrected chi connectivity index (χ3v) is 3.55. The van der Waals surface area contributed by atoms with Crippen molar-refractivity contribution in [1.82, 2.24) is 5.32 Å². The Bertz CT molecular complexity index is 514. The van der Waals surface area contributed by atoms with E-state index < -0.39 is 5.97 Å². The Labute approximate surface area is 118 Å². The zero-order valence-electron chi connectivity index (χ0n) is 11.6. The van der Waals surface area contributed by atoms with E-state index in [0.29, 0.717) is 12.0 Å². The monoisotopic (exact) mass is 276 g/mol. The Balaban J connectivity index is 2.06. The molecule has 0 radical (unpaired) electrons. The first-order chi connectivity index (χ1) is 9.60. The van der Waals surface area contributed by atoms with E-state index >= 15 is 0 Å². The molecule has 0 aromatic heterocycles. The Morgan fingerprint density at radius 2 is 2.25 bits per heavy atom. The van der Waals surface area contributed by atoms with Crippen LogP contribution in [-0.2, 0) is 11.2 Å². The van der Waals surface area contributed by atoms with Crippen molar-refractivity contribution in [2.24, 2.45) is 0 Å². The molecule has 20 heavy (non-hydrogen) atoms. The first-order valence-corrected chi connectivity index (χ1v) is 6.99. The van der Waals surface area contributed by atoms with Gasteiger partial charge in [0.15, 0.2) is 0 Å². The van der Waals surface area contributed by atoms with Crippen LogP contribution in [0.3, 0.4) is 0 Å². The number of carbonyl (C=O) groups excluding carboxylic acids is 1. The third-order valence-electron chi connectivity index (χ3n) is 3.55. The van der Waals surface area contributed by atoms with Crippen LogP contribution in [0, 0.1) is 0 Å². The van der Waals surface area contributed by atoms with Crippen molar-refractivity contribution < 1.29 is 14.7 Å². The molecule has 1 unspecified atom stereocenters. The van der Waals surface area contributed by atoms with Crippen molar-refractivity contribution in [3.05, 3.63) is 29.3 Å². The number of aryl methyl sites for hydroxylation is 1. The normalized spacial score (nSPS) is 14.8. The van der Waals surface area contributed by atoms with Crippen molar-refractivity contribution in [2.45, 2.75) is 38.6 Å². The van der Waals surface area contributed by atoms with Gasteiger partial charge in [0, 0.05) is 23.8 Å². The number of carbonyl (C=O) groups is 2. The van der Waals surface area contributed by atoms with Crippen molar-refractivity contribution >= 4 is 17.6 Å². The van der Waals surface area contributed by atoms with Gasteiger partial charge in [0.05, 0.1) is 6.42 Å². The summed E-state index contributed by atoms with van der Waals surface area (Å²) in [6.45, 7) is 2.83. The highest BCUT2D eigenvalue weighted by molar-refractivity contribution is 5.95. The van der Waals surface area contributed by atoms with Crippen molar-refractivity contribution in [3.8, 4) is 0 Å². The van der Waals surface area contributed by atoms with E-state index in [9.17, 15) is 9.59 Å². The molecule has 0 spiro atoms. The minimum atomic E-state index is -0.896. The summed E-state index contributed by atoms with van der Waals surface area (Å²) in [5.74, 6) is -1.10. The van der Waals surface area contributed by atoms with Crippen LogP contribution in [-0.4, -0.2) is 29.6 Å². The summed E-state index contributed by atoms with van der Waals surface area (Å²) < 4.78 is 0. The lowest BCUT2D eigenvalue weighted by molar-refractivity contribution is -0.137. The molecule has 3 N–H and O–H groups in total. The summed E-state index contributed by atoms with van der Waals surface area (Å²) in [4.78, 5) is 22.9. The van der Waals surface area contributed by atoms with Crippen LogP contribution in [0.15, 0.2) is 18.2 Å². The zero-order chi connectivity index (χ0) is 14.5. The second-order valence-electron chi connectivity index (χ2n) is 5.08. The maximum Gasteiger partial charge on any atom is 0.305 e. The average molecular weight is 276 g/mol. The lowest BCUT2D eigenvalue weighted by atomic mass is 10.00. The molecule has 0 bridgehead atoms. The number of hydrogen-bond donors (Lipinski definition) is 3. The maximum atomic E-state index is 12.2. The second kappa shape index (κ2) is 6.41. The molecular formula is C15H20N2O3. The van der Waals surface area contributed by atoms with E-state index in [1.807, 2.05) is 19.1 Å². The summed E-state index contributed by atoms with van der Waals surface area (Å²) in [7, 11) is 0. The van der Waals surface area contributed by atoms with Gasteiger partial charge >= 0.3 is 5.97 Å². The molecule has 0 fully saturated rings. The van der Waals surface area contributed by atoms with Gasteiger partial charge in [-0.15, -0.1) is 0 Å². The Morgan fingerprint density at radius 3 is 2.95 bits per heavy atom. The number of benzene rings is 1. The van der Waals surface area contributed by atoms with Gasteiger partial charge in [-0.2, -0.15) is 0 Å². The Morgan fingerprint density at radius 1 is 1.45 bits per heavy atom. The largest absolute Gasteiger partial charge is 0.481 e. The molecule has 0 saturated heterocycles. The highest BCUT2D eigenvalue weighted by Crippen LogP contribution is 2.22. The molecule has 108 valence electrons. The van der Waals surface area contributed by atoms with Gasteiger partial charge in [0.25, 0.3) is 5.91 Å². The van der Waals surface area contributed by atoms with Gasteiger partial charge in [-0.1, -0.05) is 6.92 Å². The predicted molar refractivity (Wildman–Crippen MR) is 77.1 cm³/mol. The lowest BCUT2D eigenvalue weighted by Gasteiger charge is -2.19. The average Bonchev–Trinajstić information content (AvgIpc) is 2.45. The van der Waals surface area contributed by atoms with E-state index in [1.165, 1.54) is 0 Å². The van der Waals surface area contributed by atoms with E-state index in [4.69, 9.17) is 5.11 Å². The zero-order valence-corrected chi connectivity index (χ0v) is 11.6. The van der Waals surface area contributed by atoms with Crippen LogP contribution >= 0.6 is 0 Å². The molecule has 1 heterocycles. The number of carboxylic acids is 1. The predicted octanol–water partition coefficient (Wildman–Crippen LogP) is 2.03. The Kier molecular flexibility index (Phi) is 4.61. The van der Waals surface area contributed by atoms with E-state index in [-0.39, 0.29) is 18.4 Å². The third kappa shape index (κ3) is 3.50. The number of hydrogen-bond acceptors (Lipinski definition) is 3. The molecule has 1 aliphatic heterocycles. The molecule has 1 aromatic rings. The first kappa shape index (κ1) is 14.4. The van der Waals surface area contributed by atoms with Gasteiger partial charge in [0.2, 0.25) is 0 Å². The SMILES string of the molecule is CCC(CC(=O)O)NC(=O)c1ccc2c(c1)CCCN2. The smallest absolute Gasteiger partial charge is 0.305 e. The minimum absolute atomic E-state index is 0.0469. The van der Waals surface area contributed by atoms with Gasteiger partial charge < -0.3 is 15.7 Å². The molecule has 5 heteroatoms. The fourth-order valence-electron chi connectivity index (χ4n) is 2.39. The Hall–Kier alpha value is -2.04. The fourth-order valence-corrected chi connectivity index (χ4v) is 2.39. The summed E-state index contributed by atoms with van der Waals surface area (Å²) in [6, 6.07) is 5.26. The second-order valence-corrected chi connectivity index (χ2v) is 5.08. The minimum Gasteiger partial charge on any atom is -0.481 e. The molecule has 5 nitrogen and oxygen atoms in total. The summed E-state index contributed by atoms with van der Waals surface area (Å²) in [5.41, 5.74) is 2.83. The number of nitrogens with one attached hydrogen (secondary N) is 2. The topological polar surface area (TPSA) is 78.4 Å². The first-order valence-electron chi connectivity index (χ1n) is 6.99. The van der Waals surface area contributed by atoms with E-state index in [2.05, 4.69) is 10.6 Å². The standard InChI is InChI=1S/C15H20N2O3/c1-2-12(9-14(18)19)17-15(20)11-5-6-13-10(8-11)4-3-7-16-13/h5-6,8,12,16H,2-4,7,9H2,1H3,(H,17,20)(H,18,19). The highest BCUT2D eigenvalue weighted by Gasteiger charge is 2.17. The van der Waals surface area contributed by atoms with Gasteiger partial charge in [-0.05, 0) is 43.0 Å². The molecule has 2 rings (SSSR count). The summed E-state index contributed by atoms with van der Waals surface area (Å²) >= 11 is 0. The number of aliphatic carboxylic acids is 1. The van der Waals surface area contributed by atoms with Crippen LogP contribution < -0.4 is 10.6 Å². The molecule has 0 aliphatic carbocycles. The molecule has 1 aliphatic rings. The molecule has 1 amide bonds. The van der Waals surface area contributed by atoms with E-state index in [0.717, 1.165) is 30.6 Å². The number of anilines is 1. The van der Waals surface area contributed by atoms with Crippen LogP contribution in [0.1, 0.15) is 42.1 Å². The summed E-state index contributed by atoms with van der Waals surface area (Å²) in [6.07, 6.45) is 2.59. The van der Waals surface area contributed by atoms with Gasteiger partial charge in [-0.25, -0.2) is 0 Å². The van der Waals surface area contributed by atoms with Gasteiger partial charge in [0.1, 0.15) is 0 Å². The quantitative estimate of drug-likeness (QED) is 0.769. The van der Waals surface area contributed by atoms with Crippen LogP contribution in [0.25, 0.3) is 0 Å². The van der Waals surface area contributed by atoms with Crippen LogP contribution in [0.5, 0.6) is 0 Å². The molecular weight excluding hydrogens is 256 g/mol.